The molecule has 1 unspecified atom stereocenters. The van der Waals surface area contributed by atoms with Crippen molar-refractivity contribution >= 4 is 17.3 Å². The summed E-state index contributed by atoms with van der Waals surface area (Å²) in [7, 11) is 0. The Balaban J connectivity index is 2.04. The minimum absolute atomic E-state index is 0.207. The van der Waals surface area contributed by atoms with Gasteiger partial charge in [-0.1, -0.05) is 19.8 Å². The molecule has 1 aliphatic heterocycles. The van der Waals surface area contributed by atoms with Gasteiger partial charge < -0.3 is 5.11 Å². The summed E-state index contributed by atoms with van der Waals surface area (Å²) in [6, 6.07) is 0.639. The quantitative estimate of drug-likeness (QED) is 0.837. The van der Waals surface area contributed by atoms with E-state index in [-0.39, 0.29) is 6.42 Å². The highest BCUT2D eigenvalue weighted by molar-refractivity contribution is 7.11. The van der Waals surface area contributed by atoms with Gasteiger partial charge in [-0.2, -0.15) is 0 Å². The topological polar surface area (TPSA) is 53.4 Å². The van der Waals surface area contributed by atoms with Crippen molar-refractivity contribution < 1.29 is 9.90 Å². The first-order valence-corrected chi connectivity index (χ1v) is 8.85. The van der Waals surface area contributed by atoms with Crippen LogP contribution in [-0.2, 0) is 24.2 Å². The highest BCUT2D eigenvalue weighted by Crippen LogP contribution is 2.25. The van der Waals surface area contributed by atoms with Gasteiger partial charge in [0.05, 0.1) is 18.7 Å². The number of nitrogens with zero attached hydrogens (tertiary/aromatic N) is 2. The second-order valence-corrected chi connectivity index (χ2v) is 7.10. The van der Waals surface area contributed by atoms with E-state index in [0.717, 1.165) is 36.6 Å². The van der Waals surface area contributed by atoms with Crippen molar-refractivity contribution in [1.29, 1.82) is 0 Å². The summed E-state index contributed by atoms with van der Waals surface area (Å²) >= 11 is 1.72. The van der Waals surface area contributed by atoms with E-state index in [9.17, 15) is 4.79 Å². The first-order valence-electron chi connectivity index (χ1n) is 8.03. The lowest BCUT2D eigenvalue weighted by molar-refractivity contribution is -0.136. The van der Waals surface area contributed by atoms with Gasteiger partial charge in [0.2, 0.25) is 0 Å². The van der Waals surface area contributed by atoms with Crippen molar-refractivity contribution in [1.82, 2.24) is 9.88 Å². The Labute approximate surface area is 131 Å². The minimum atomic E-state index is -0.725. The second-order valence-electron chi connectivity index (χ2n) is 5.94. The number of aromatic nitrogens is 1. The number of piperidine rings is 1. The molecule has 1 N–H and O–H groups in total. The van der Waals surface area contributed by atoms with E-state index in [1.807, 2.05) is 0 Å². The zero-order valence-corrected chi connectivity index (χ0v) is 13.9. The number of hydrogen-bond donors (Lipinski definition) is 1. The van der Waals surface area contributed by atoms with E-state index in [0.29, 0.717) is 12.5 Å². The monoisotopic (exact) mass is 310 g/mol. The third-order valence-electron chi connectivity index (χ3n) is 4.15. The largest absolute Gasteiger partial charge is 0.481 e. The lowest BCUT2D eigenvalue weighted by atomic mass is 10.0. The predicted octanol–water partition coefficient (Wildman–Crippen LogP) is 3.49. The number of carbonyl (C=O) groups is 1. The summed E-state index contributed by atoms with van der Waals surface area (Å²) in [6.45, 7) is 6.53. The van der Waals surface area contributed by atoms with Crippen LogP contribution in [0.2, 0.25) is 0 Å². The predicted molar refractivity (Wildman–Crippen MR) is 85.8 cm³/mol. The van der Waals surface area contributed by atoms with E-state index in [1.165, 1.54) is 24.1 Å². The Hall–Kier alpha value is -0.940. The molecule has 118 valence electrons. The summed E-state index contributed by atoms with van der Waals surface area (Å²) in [5.41, 5.74) is 1.13. The standard InChI is InChI=1S/C16H26N2O2S/c1-3-6-13-14(8-9-16(19)20)21-15(17-13)11-18-10-5-4-7-12(18)2/h12H,3-11H2,1-2H3,(H,19,20). The molecule has 0 amide bonds. The zero-order chi connectivity index (χ0) is 15.2. The molecule has 0 saturated carbocycles. The molecule has 4 nitrogen and oxygen atoms in total. The third-order valence-corrected chi connectivity index (χ3v) is 5.30. The van der Waals surface area contributed by atoms with Crippen LogP contribution in [0.4, 0.5) is 0 Å². The maximum atomic E-state index is 10.8. The highest BCUT2D eigenvalue weighted by atomic mass is 32.1. The van der Waals surface area contributed by atoms with Crippen molar-refractivity contribution in [2.45, 2.75) is 71.4 Å². The van der Waals surface area contributed by atoms with Gasteiger partial charge in [-0.15, -0.1) is 11.3 Å². The molecule has 0 radical (unpaired) electrons. The van der Waals surface area contributed by atoms with Gasteiger partial charge in [0.1, 0.15) is 5.01 Å². The zero-order valence-electron chi connectivity index (χ0n) is 13.1. The van der Waals surface area contributed by atoms with Gasteiger partial charge in [-0.25, -0.2) is 4.98 Å². The van der Waals surface area contributed by atoms with Crippen LogP contribution in [-0.4, -0.2) is 33.5 Å². The summed E-state index contributed by atoms with van der Waals surface area (Å²) in [4.78, 5) is 19.3. The minimum Gasteiger partial charge on any atom is -0.481 e. The van der Waals surface area contributed by atoms with Crippen LogP contribution in [0.25, 0.3) is 0 Å². The molecule has 0 bridgehead atoms. The molecule has 0 spiro atoms. The highest BCUT2D eigenvalue weighted by Gasteiger charge is 2.20. The molecule has 0 aromatic carbocycles. The van der Waals surface area contributed by atoms with Crippen molar-refractivity contribution in [2.24, 2.45) is 0 Å². The Bertz CT molecular complexity index is 473. The fraction of sp³-hybridized carbons (Fsp3) is 0.750. The Morgan fingerprint density at radius 3 is 2.90 bits per heavy atom. The summed E-state index contributed by atoms with van der Waals surface area (Å²) < 4.78 is 0. The number of hydrogen-bond acceptors (Lipinski definition) is 4. The van der Waals surface area contributed by atoms with Gasteiger partial charge in [0.15, 0.2) is 0 Å². The van der Waals surface area contributed by atoms with Gasteiger partial charge in [0, 0.05) is 10.9 Å². The van der Waals surface area contributed by atoms with Crippen molar-refractivity contribution in [2.75, 3.05) is 6.54 Å². The average Bonchev–Trinajstić information content (AvgIpc) is 2.81. The van der Waals surface area contributed by atoms with E-state index < -0.39 is 5.97 Å². The fourth-order valence-electron chi connectivity index (χ4n) is 2.92. The third kappa shape index (κ3) is 4.78. The molecule has 2 rings (SSSR count). The number of aliphatic carboxylic acids is 1. The number of carboxylic acid groups (broad SMARTS) is 1. The van der Waals surface area contributed by atoms with Crippen LogP contribution in [0.15, 0.2) is 0 Å². The van der Waals surface area contributed by atoms with Crippen molar-refractivity contribution in [3.05, 3.63) is 15.6 Å². The van der Waals surface area contributed by atoms with Crippen molar-refractivity contribution in [3.8, 4) is 0 Å². The molecule has 1 atom stereocenters. The molecule has 21 heavy (non-hydrogen) atoms. The molecule has 1 aromatic rings. The maximum absolute atomic E-state index is 10.8. The smallest absolute Gasteiger partial charge is 0.303 e. The van der Waals surface area contributed by atoms with Gasteiger partial charge >= 0.3 is 5.97 Å². The van der Waals surface area contributed by atoms with Crippen LogP contribution in [0.5, 0.6) is 0 Å². The molecule has 1 aromatic heterocycles. The van der Waals surface area contributed by atoms with Crippen LogP contribution in [0, 0.1) is 0 Å². The van der Waals surface area contributed by atoms with Crippen LogP contribution >= 0.6 is 11.3 Å². The lowest BCUT2D eigenvalue weighted by Gasteiger charge is -2.32. The fourth-order valence-corrected chi connectivity index (χ4v) is 4.06. The molecule has 1 aliphatic rings. The average molecular weight is 310 g/mol. The SMILES string of the molecule is CCCc1nc(CN2CCCCC2C)sc1CCC(=O)O. The number of likely N-dealkylation sites (tertiary alicyclic amines) is 1. The van der Waals surface area contributed by atoms with Gasteiger partial charge in [-0.05, 0) is 39.2 Å². The number of carboxylic acids is 1. The molecular formula is C16H26N2O2S. The molecule has 2 heterocycles. The van der Waals surface area contributed by atoms with Crippen LogP contribution in [0.1, 0.15) is 61.5 Å². The molecule has 0 aliphatic carbocycles. The van der Waals surface area contributed by atoms with Gasteiger partial charge in [-0.3, -0.25) is 9.69 Å². The van der Waals surface area contributed by atoms with Gasteiger partial charge in [0.25, 0.3) is 0 Å². The second kappa shape index (κ2) is 7.90. The summed E-state index contributed by atoms with van der Waals surface area (Å²) in [6.07, 6.45) is 6.74. The summed E-state index contributed by atoms with van der Waals surface area (Å²) in [5.74, 6) is -0.725. The molecule has 1 saturated heterocycles. The Morgan fingerprint density at radius 1 is 1.43 bits per heavy atom. The van der Waals surface area contributed by atoms with Crippen molar-refractivity contribution in [3.63, 3.8) is 0 Å². The van der Waals surface area contributed by atoms with Crippen LogP contribution in [0.3, 0.4) is 0 Å². The number of aryl methyl sites for hydroxylation is 2. The normalized spacial score (nSPS) is 19.8. The molecular weight excluding hydrogens is 284 g/mol. The maximum Gasteiger partial charge on any atom is 0.303 e. The number of rotatable bonds is 7. The van der Waals surface area contributed by atoms with E-state index in [1.54, 1.807) is 11.3 Å². The molecule has 1 fully saturated rings. The lowest BCUT2D eigenvalue weighted by Crippen LogP contribution is -2.36. The van der Waals surface area contributed by atoms with E-state index in [2.05, 4.69) is 18.7 Å². The first-order chi connectivity index (χ1) is 10.1. The Kier molecular flexibility index (Phi) is 6.18. The Morgan fingerprint density at radius 2 is 2.24 bits per heavy atom. The van der Waals surface area contributed by atoms with E-state index >= 15 is 0 Å². The van der Waals surface area contributed by atoms with Crippen LogP contribution < -0.4 is 0 Å². The molecule has 5 heteroatoms. The summed E-state index contributed by atoms with van der Waals surface area (Å²) in [5, 5.41) is 10.0. The first kappa shape index (κ1) is 16.4. The number of thiazole rings is 1. The van der Waals surface area contributed by atoms with E-state index in [4.69, 9.17) is 10.1 Å².